The molecular weight excluding hydrogens is 391 g/mol. The third kappa shape index (κ3) is 2.89. The van der Waals surface area contributed by atoms with Crippen molar-refractivity contribution in [3.05, 3.63) is 65.1 Å². The minimum Gasteiger partial charge on any atom is -0.497 e. The molecule has 4 nitrogen and oxygen atoms in total. The quantitative estimate of drug-likeness (QED) is 0.675. The number of amides is 1. The second-order valence-corrected chi connectivity index (χ2v) is 9.52. The summed E-state index contributed by atoms with van der Waals surface area (Å²) in [5.41, 5.74) is 4.29. The lowest BCUT2D eigenvalue weighted by atomic mass is 9.58. The van der Waals surface area contributed by atoms with Crippen molar-refractivity contribution < 1.29 is 13.9 Å². The van der Waals surface area contributed by atoms with Gasteiger partial charge in [-0.2, -0.15) is 0 Å². The van der Waals surface area contributed by atoms with Crippen LogP contribution in [0.4, 0.5) is 4.39 Å². The Morgan fingerprint density at radius 3 is 2.87 bits per heavy atom. The van der Waals surface area contributed by atoms with E-state index in [1.54, 1.807) is 19.2 Å². The number of likely N-dealkylation sites (tertiary alicyclic amines) is 1. The van der Waals surface area contributed by atoms with Crippen LogP contribution in [0.2, 0.25) is 0 Å². The fraction of sp³-hybridized carbons (Fsp3) is 0.423. The van der Waals surface area contributed by atoms with Crippen LogP contribution in [0.3, 0.4) is 0 Å². The van der Waals surface area contributed by atoms with Crippen LogP contribution >= 0.6 is 0 Å². The van der Waals surface area contributed by atoms with Gasteiger partial charge in [0, 0.05) is 41.0 Å². The molecule has 1 aromatic heterocycles. The Bertz CT molecular complexity index is 1180. The molecule has 1 aliphatic heterocycles. The molecular formula is C26H27FN2O2. The fourth-order valence-corrected chi connectivity index (χ4v) is 6.03. The van der Waals surface area contributed by atoms with E-state index >= 15 is 0 Å². The number of halogens is 1. The Balaban J connectivity index is 1.47. The number of nitrogens with one attached hydrogen (secondary N) is 1. The van der Waals surface area contributed by atoms with Crippen molar-refractivity contribution in [2.45, 2.75) is 37.5 Å². The van der Waals surface area contributed by atoms with Gasteiger partial charge in [-0.1, -0.05) is 18.2 Å². The van der Waals surface area contributed by atoms with Crippen molar-refractivity contribution in [3.63, 3.8) is 0 Å². The summed E-state index contributed by atoms with van der Waals surface area (Å²) in [6.45, 7) is 1.53. The van der Waals surface area contributed by atoms with Crippen LogP contribution in [-0.2, 0) is 23.1 Å². The summed E-state index contributed by atoms with van der Waals surface area (Å²) in [6, 6.07) is 13.7. The summed E-state index contributed by atoms with van der Waals surface area (Å²) >= 11 is 0. The number of methoxy groups -OCH3 is 1. The first-order chi connectivity index (χ1) is 15.1. The maximum absolute atomic E-state index is 14.8. The van der Waals surface area contributed by atoms with E-state index in [1.165, 1.54) is 5.56 Å². The van der Waals surface area contributed by atoms with E-state index in [-0.39, 0.29) is 23.1 Å². The number of fused-ring (bicyclic) bond motifs is 4. The van der Waals surface area contributed by atoms with E-state index in [1.807, 2.05) is 12.1 Å². The molecule has 0 spiro atoms. The lowest BCUT2D eigenvalue weighted by Crippen LogP contribution is -2.55. The van der Waals surface area contributed by atoms with Crippen LogP contribution in [0.25, 0.3) is 10.9 Å². The van der Waals surface area contributed by atoms with Crippen molar-refractivity contribution in [1.82, 2.24) is 9.88 Å². The maximum atomic E-state index is 14.8. The number of nitrogens with zero attached hydrogens (tertiary/aromatic N) is 1. The van der Waals surface area contributed by atoms with Gasteiger partial charge in [0.15, 0.2) is 0 Å². The molecule has 1 N–H and O–H groups in total. The van der Waals surface area contributed by atoms with Gasteiger partial charge in [-0.25, -0.2) is 4.39 Å². The zero-order valence-corrected chi connectivity index (χ0v) is 17.8. The van der Waals surface area contributed by atoms with E-state index in [0.29, 0.717) is 5.91 Å². The highest BCUT2D eigenvalue weighted by Crippen LogP contribution is 2.50. The highest BCUT2D eigenvalue weighted by molar-refractivity contribution is 5.86. The number of benzene rings is 2. The second kappa shape index (κ2) is 6.84. The van der Waals surface area contributed by atoms with Gasteiger partial charge in [-0.3, -0.25) is 4.79 Å². The van der Waals surface area contributed by atoms with Crippen LogP contribution in [0.5, 0.6) is 5.75 Å². The number of piperidine rings is 1. The molecule has 2 unspecified atom stereocenters. The van der Waals surface area contributed by atoms with Gasteiger partial charge in [0.1, 0.15) is 11.6 Å². The summed E-state index contributed by atoms with van der Waals surface area (Å²) in [5, 5.41) is 0.724. The monoisotopic (exact) mass is 418 g/mol. The molecule has 3 aliphatic rings. The smallest absolute Gasteiger partial charge is 0.225 e. The molecule has 0 radical (unpaired) electrons. The molecule has 160 valence electrons. The van der Waals surface area contributed by atoms with Gasteiger partial charge >= 0.3 is 0 Å². The van der Waals surface area contributed by atoms with E-state index < -0.39 is 0 Å². The SMILES string of the molecule is COc1cccc(C23CCN(C(=O)C4CC4)CC2Cc2c([nH]c4cccc(F)c24)C3)c1. The van der Waals surface area contributed by atoms with Crippen LogP contribution in [0.15, 0.2) is 42.5 Å². The summed E-state index contributed by atoms with van der Waals surface area (Å²) in [4.78, 5) is 18.5. The molecule has 2 aromatic carbocycles. The Hall–Kier alpha value is -2.82. The van der Waals surface area contributed by atoms with Crippen molar-refractivity contribution in [2.24, 2.45) is 11.8 Å². The third-order valence-corrected chi connectivity index (χ3v) is 7.84. The van der Waals surface area contributed by atoms with Crippen molar-refractivity contribution in [3.8, 4) is 5.75 Å². The van der Waals surface area contributed by atoms with Crippen molar-refractivity contribution in [2.75, 3.05) is 20.2 Å². The van der Waals surface area contributed by atoms with Gasteiger partial charge in [-0.15, -0.1) is 0 Å². The number of aromatic nitrogens is 1. The molecule has 2 atom stereocenters. The first kappa shape index (κ1) is 18.9. The molecule has 2 aliphatic carbocycles. The molecule has 1 saturated carbocycles. The highest BCUT2D eigenvalue weighted by Gasteiger charge is 2.50. The largest absolute Gasteiger partial charge is 0.497 e. The summed E-state index contributed by atoms with van der Waals surface area (Å²) in [5.74, 6) is 1.49. The standard InChI is InChI=1S/C26H27FN2O2/c1-31-19-5-2-4-17(12-19)26-10-11-29(25(30)16-8-9-16)15-18(26)13-20-23(14-26)28-22-7-3-6-21(27)24(20)22/h2-7,12,16,18,28H,8-11,13-15H2,1H3. The van der Waals surface area contributed by atoms with E-state index in [9.17, 15) is 9.18 Å². The highest BCUT2D eigenvalue weighted by atomic mass is 19.1. The molecule has 5 heteroatoms. The van der Waals surface area contributed by atoms with Gasteiger partial charge in [0.25, 0.3) is 0 Å². The van der Waals surface area contributed by atoms with Crippen LogP contribution in [-0.4, -0.2) is 36.0 Å². The topological polar surface area (TPSA) is 45.3 Å². The first-order valence-corrected chi connectivity index (χ1v) is 11.3. The van der Waals surface area contributed by atoms with Crippen LogP contribution < -0.4 is 4.74 Å². The normalized spacial score (nSPS) is 25.2. The summed E-state index contributed by atoms with van der Waals surface area (Å²) < 4.78 is 20.3. The van der Waals surface area contributed by atoms with E-state index in [4.69, 9.17) is 4.74 Å². The number of rotatable bonds is 3. The number of H-pyrrole nitrogens is 1. The number of hydrogen-bond donors (Lipinski definition) is 1. The minimum absolute atomic E-state index is 0.0841. The lowest BCUT2D eigenvalue weighted by molar-refractivity contribution is -0.135. The molecule has 2 fully saturated rings. The molecule has 31 heavy (non-hydrogen) atoms. The molecule has 1 amide bonds. The molecule has 2 heterocycles. The number of carbonyl (C=O) groups is 1. The Kier molecular flexibility index (Phi) is 4.17. The Labute approximate surface area is 181 Å². The number of aromatic amines is 1. The van der Waals surface area contributed by atoms with E-state index in [2.05, 4.69) is 28.1 Å². The molecule has 0 bridgehead atoms. The van der Waals surface area contributed by atoms with Crippen molar-refractivity contribution >= 4 is 16.8 Å². The predicted molar refractivity (Wildman–Crippen MR) is 118 cm³/mol. The van der Waals surface area contributed by atoms with Crippen molar-refractivity contribution in [1.29, 1.82) is 0 Å². The second-order valence-electron chi connectivity index (χ2n) is 9.52. The van der Waals surface area contributed by atoms with Gasteiger partial charge in [0.2, 0.25) is 5.91 Å². The first-order valence-electron chi connectivity index (χ1n) is 11.3. The van der Waals surface area contributed by atoms with Gasteiger partial charge in [-0.05, 0) is 73.4 Å². The van der Waals surface area contributed by atoms with Gasteiger partial charge in [0.05, 0.1) is 7.11 Å². The molecule has 6 rings (SSSR count). The van der Waals surface area contributed by atoms with Gasteiger partial charge < -0.3 is 14.6 Å². The Morgan fingerprint density at radius 2 is 2.06 bits per heavy atom. The van der Waals surface area contributed by atoms with E-state index in [0.717, 1.165) is 73.1 Å². The number of hydrogen-bond acceptors (Lipinski definition) is 2. The summed E-state index contributed by atoms with van der Waals surface area (Å²) in [6.07, 6.45) is 4.58. The zero-order valence-electron chi connectivity index (χ0n) is 17.8. The molecule has 3 aromatic rings. The zero-order chi connectivity index (χ0) is 21.2. The number of carbonyl (C=O) groups excluding carboxylic acids is 1. The third-order valence-electron chi connectivity index (χ3n) is 7.84. The molecule has 1 saturated heterocycles. The van der Waals surface area contributed by atoms with Crippen LogP contribution in [0.1, 0.15) is 36.1 Å². The predicted octanol–water partition coefficient (Wildman–Crippen LogP) is 4.61. The minimum atomic E-state index is -0.161. The fourth-order valence-electron chi connectivity index (χ4n) is 6.03. The maximum Gasteiger partial charge on any atom is 0.225 e. The summed E-state index contributed by atoms with van der Waals surface area (Å²) in [7, 11) is 1.70. The Morgan fingerprint density at radius 1 is 1.23 bits per heavy atom. The number of ether oxygens (including phenoxy) is 1. The lowest BCUT2D eigenvalue weighted by Gasteiger charge is -2.51. The van der Waals surface area contributed by atoms with Crippen LogP contribution in [0, 0.1) is 17.7 Å². The average molecular weight is 419 g/mol. The average Bonchev–Trinajstić information content (AvgIpc) is 3.58.